The second-order valence-corrected chi connectivity index (χ2v) is 7.56. The van der Waals surface area contributed by atoms with E-state index in [1.807, 2.05) is 29.3 Å². The normalized spacial score (nSPS) is 18.4. The van der Waals surface area contributed by atoms with Gasteiger partial charge in [0.05, 0.1) is 12.2 Å². The Morgan fingerprint density at radius 2 is 2.31 bits per heavy atom. The van der Waals surface area contributed by atoms with Crippen LogP contribution in [-0.4, -0.2) is 58.1 Å². The Bertz CT molecular complexity index is 730. The zero-order chi connectivity index (χ0) is 18.5. The molecule has 0 unspecified atom stereocenters. The first-order chi connectivity index (χ1) is 12.5. The molecule has 1 saturated heterocycles. The van der Waals surface area contributed by atoms with Gasteiger partial charge in [-0.15, -0.1) is 11.3 Å². The van der Waals surface area contributed by atoms with E-state index in [9.17, 15) is 9.90 Å². The maximum absolute atomic E-state index is 12.6. The number of nitrogens with zero attached hydrogens (tertiary/aromatic N) is 3. The van der Waals surface area contributed by atoms with Gasteiger partial charge in [0.15, 0.2) is 5.13 Å². The molecule has 142 valence electrons. The van der Waals surface area contributed by atoms with E-state index in [0.29, 0.717) is 44.0 Å². The lowest BCUT2D eigenvalue weighted by atomic mass is 10.1. The van der Waals surface area contributed by atoms with Crippen molar-refractivity contribution in [2.24, 2.45) is 0 Å². The molecule has 0 aromatic carbocycles. The van der Waals surface area contributed by atoms with Crippen molar-refractivity contribution in [3.8, 4) is 0 Å². The Hall–Kier alpha value is -1.90. The van der Waals surface area contributed by atoms with Crippen molar-refractivity contribution in [2.75, 3.05) is 32.0 Å². The fourth-order valence-corrected chi connectivity index (χ4v) is 3.95. The van der Waals surface area contributed by atoms with Crippen molar-refractivity contribution in [1.29, 1.82) is 0 Å². The number of hydrogen-bond donors (Lipinski definition) is 2. The molecular weight excluding hydrogens is 352 g/mol. The molecule has 3 N–H and O–H groups in total. The van der Waals surface area contributed by atoms with Crippen LogP contribution in [0.2, 0.25) is 0 Å². The smallest absolute Gasteiger partial charge is 0.223 e. The van der Waals surface area contributed by atoms with Crippen molar-refractivity contribution in [3.05, 3.63) is 34.7 Å². The van der Waals surface area contributed by atoms with E-state index in [4.69, 9.17) is 10.2 Å². The molecule has 0 bridgehead atoms. The quantitative estimate of drug-likeness (QED) is 0.761. The van der Waals surface area contributed by atoms with Gasteiger partial charge in [0.2, 0.25) is 5.91 Å². The van der Waals surface area contributed by atoms with Gasteiger partial charge in [0.25, 0.3) is 0 Å². The molecule has 1 fully saturated rings. The molecule has 2 aromatic rings. The number of aryl methyl sites for hydroxylation is 2. The minimum atomic E-state index is 0.110. The number of rotatable bonds is 7. The van der Waals surface area contributed by atoms with Crippen LogP contribution in [0.3, 0.4) is 0 Å². The third kappa shape index (κ3) is 4.84. The molecule has 1 atom stereocenters. The Labute approximate surface area is 157 Å². The average molecular weight is 378 g/mol. The number of nitrogens with two attached hydrogens (primary N) is 1. The number of hydrogen-bond acceptors (Lipinski definition) is 7. The van der Waals surface area contributed by atoms with Crippen LogP contribution in [0.1, 0.15) is 30.1 Å². The summed E-state index contributed by atoms with van der Waals surface area (Å²) in [6.45, 7) is 4.86. The number of carbonyl (C=O) groups is 1. The number of furan rings is 1. The minimum absolute atomic E-state index is 0.110. The third-order valence-corrected chi connectivity index (χ3v) is 5.46. The summed E-state index contributed by atoms with van der Waals surface area (Å²) in [5, 5.41) is 11.9. The lowest BCUT2D eigenvalue weighted by Gasteiger charge is -2.41. The summed E-state index contributed by atoms with van der Waals surface area (Å²) in [5.74, 6) is 1.95. The van der Waals surface area contributed by atoms with Crippen LogP contribution in [-0.2, 0) is 17.8 Å². The van der Waals surface area contributed by atoms with E-state index in [-0.39, 0.29) is 18.6 Å². The van der Waals surface area contributed by atoms with Crippen LogP contribution < -0.4 is 5.73 Å². The Balaban J connectivity index is 1.55. The standard InChI is InChI=1S/C18H26N4O3S/c1-13-2-4-16(25-13)11-21-7-8-22(10-15(21)6-9-23)17(24)5-3-14-12-26-18(19)20-14/h2,4,12,15,23H,3,5-11H2,1H3,(H2,19,20)/t15-/m1/s1. The summed E-state index contributed by atoms with van der Waals surface area (Å²) in [6, 6.07) is 4.09. The molecule has 0 aliphatic carbocycles. The summed E-state index contributed by atoms with van der Waals surface area (Å²) in [4.78, 5) is 21.0. The first-order valence-electron chi connectivity index (χ1n) is 8.93. The fourth-order valence-electron chi connectivity index (χ4n) is 3.35. The van der Waals surface area contributed by atoms with E-state index in [1.54, 1.807) is 0 Å². The van der Waals surface area contributed by atoms with Crippen LogP contribution in [0, 0.1) is 6.92 Å². The Kier molecular flexibility index (Phi) is 6.29. The van der Waals surface area contributed by atoms with E-state index >= 15 is 0 Å². The monoisotopic (exact) mass is 378 g/mol. The highest BCUT2D eigenvalue weighted by Crippen LogP contribution is 2.19. The molecule has 0 saturated carbocycles. The molecule has 7 nitrogen and oxygen atoms in total. The van der Waals surface area contributed by atoms with Gasteiger partial charge in [-0.2, -0.15) is 0 Å². The zero-order valence-corrected chi connectivity index (χ0v) is 15.9. The summed E-state index contributed by atoms with van der Waals surface area (Å²) in [5.41, 5.74) is 6.51. The molecule has 2 aromatic heterocycles. The highest BCUT2D eigenvalue weighted by molar-refractivity contribution is 7.13. The first kappa shape index (κ1) is 18.9. The topological polar surface area (TPSA) is 95.8 Å². The van der Waals surface area contributed by atoms with E-state index in [0.717, 1.165) is 23.8 Å². The lowest BCUT2D eigenvalue weighted by molar-refractivity contribution is -0.134. The van der Waals surface area contributed by atoms with Crippen LogP contribution in [0.15, 0.2) is 21.9 Å². The van der Waals surface area contributed by atoms with Crippen LogP contribution >= 0.6 is 11.3 Å². The molecule has 0 spiro atoms. The average Bonchev–Trinajstić information content (AvgIpc) is 3.22. The number of aliphatic hydroxyl groups excluding tert-OH is 1. The SMILES string of the molecule is Cc1ccc(CN2CCN(C(=O)CCc3csc(N)n3)C[C@H]2CCO)o1. The van der Waals surface area contributed by atoms with Crippen molar-refractivity contribution in [3.63, 3.8) is 0 Å². The van der Waals surface area contributed by atoms with E-state index < -0.39 is 0 Å². The van der Waals surface area contributed by atoms with Crippen molar-refractivity contribution in [2.45, 2.75) is 38.8 Å². The summed E-state index contributed by atoms with van der Waals surface area (Å²) >= 11 is 1.40. The number of piperazine rings is 1. The van der Waals surface area contributed by atoms with Crippen LogP contribution in [0.5, 0.6) is 0 Å². The molecule has 0 radical (unpaired) electrons. The second-order valence-electron chi connectivity index (χ2n) is 6.67. The molecule has 26 heavy (non-hydrogen) atoms. The maximum atomic E-state index is 12.6. The number of aromatic nitrogens is 1. The Morgan fingerprint density at radius 3 is 2.96 bits per heavy atom. The first-order valence-corrected chi connectivity index (χ1v) is 9.81. The Morgan fingerprint density at radius 1 is 1.46 bits per heavy atom. The number of nitrogen functional groups attached to an aromatic ring is 1. The minimum Gasteiger partial charge on any atom is -0.465 e. The van der Waals surface area contributed by atoms with Crippen molar-refractivity contribution < 1.29 is 14.3 Å². The van der Waals surface area contributed by atoms with Crippen LogP contribution in [0.25, 0.3) is 0 Å². The molecular formula is C18H26N4O3S. The molecule has 1 amide bonds. The maximum Gasteiger partial charge on any atom is 0.223 e. The lowest BCUT2D eigenvalue weighted by Crippen LogP contribution is -2.54. The predicted octanol–water partition coefficient (Wildman–Crippen LogP) is 1.65. The number of thiazole rings is 1. The molecule has 1 aliphatic rings. The van der Waals surface area contributed by atoms with Gasteiger partial charge in [-0.25, -0.2) is 4.98 Å². The van der Waals surface area contributed by atoms with E-state index in [1.165, 1.54) is 11.3 Å². The van der Waals surface area contributed by atoms with Crippen LogP contribution in [0.4, 0.5) is 5.13 Å². The highest BCUT2D eigenvalue weighted by Gasteiger charge is 2.29. The van der Waals surface area contributed by atoms with Gasteiger partial charge in [0, 0.05) is 44.1 Å². The van der Waals surface area contributed by atoms with Crippen molar-refractivity contribution in [1.82, 2.24) is 14.8 Å². The number of anilines is 1. The summed E-state index contributed by atoms with van der Waals surface area (Å²) in [6.07, 6.45) is 1.70. The summed E-state index contributed by atoms with van der Waals surface area (Å²) < 4.78 is 5.68. The van der Waals surface area contributed by atoms with Gasteiger partial charge in [0.1, 0.15) is 11.5 Å². The third-order valence-electron chi connectivity index (χ3n) is 4.74. The predicted molar refractivity (Wildman–Crippen MR) is 101 cm³/mol. The van der Waals surface area contributed by atoms with Gasteiger partial charge in [-0.3, -0.25) is 9.69 Å². The largest absolute Gasteiger partial charge is 0.465 e. The molecule has 3 heterocycles. The molecule has 1 aliphatic heterocycles. The fraction of sp³-hybridized carbons (Fsp3) is 0.556. The van der Waals surface area contributed by atoms with Gasteiger partial charge in [-0.1, -0.05) is 0 Å². The number of carbonyl (C=O) groups excluding carboxylic acids is 1. The van der Waals surface area contributed by atoms with E-state index in [2.05, 4.69) is 9.88 Å². The summed E-state index contributed by atoms with van der Waals surface area (Å²) in [7, 11) is 0. The number of amides is 1. The van der Waals surface area contributed by atoms with Gasteiger partial charge in [-0.05, 0) is 31.9 Å². The highest BCUT2D eigenvalue weighted by atomic mass is 32.1. The van der Waals surface area contributed by atoms with Gasteiger partial charge >= 0.3 is 0 Å². The van der Waals surface area contributed by atoms with Gasteiger partial charge < -0.3 is 20.2 Å². The second kappa shape index (κ2) is 8.66. The molecule has 8 heteroatoms. The number of aliphatic hydroxyl groups is 1. The van der Waals surface area contributed by atoms with Crippen molar-refractivity contribution >= 4 is 22.4 Å². The zero-order valence-electron chi connectivity index (χ0n) is 15.1. The molecule has 3 rings (SSSR count).